The molecular weight excluding hydrogens is 394 g/mol. The van der Waals surface area contributed by atoms with E-state index >= 15 is 0 Å². The van der Waals surface area contributed by atoms with Crippen LogP contribution < -0.4 is 10.6 Å². The summed E-state index contributed by atoms with van der Waals surface area (Å²) in [6.45, 7) is 5.87. The second-order valence-corrected chi connectivity index (χ2v) is 8.61. The molecule has 2 aromatic rings. The Kier molecular flexibility index (Phi) is 5.56. The molecule has 31 heavy (non-hydrogen) atoms. The number of para-hydroxylation sites is 1. The van der Waals surface area contributed by atoms with Gasteiger partial charge in [0.2, 0.25) is 5.91 Å². The number of amides is 4. The van der Waals surface area contributed by atoms with Gasteiger partial charge in [0, 0.05) is 17.8 Å². The molecule has 0 bridgehead atoms. The number of rotatable bonds is 5. The Hall–Kier alpha value is -3.16. The number of urea groups is 1. The van der Waals surface area contributed by atoms with Gasteiger partial charge in [-0.05, 0) is 44.7 Å². The molecule has 4 amide bonds. The van der Waals surface area contributed by atoms with Gasteiger partial charge in [-0.2, -0.15) is 5.10 Å². The van der Waals surface area contributed by atoms with Gasteiger partial charge in [-0.15, -0.1) is 0 Å². The summed E-state index contributed by atoms with van der Waals surface area (Å²) in [4.78, 5) is 39.2. The quantitative estimate of drug-likeness (QED) is 0.723. The van der Waals surface area contributed by atoms with Crippen LogP contribution in [0.3, 0.4) is 0 Å². The summed E-state index contributed by atoms with van der Waals surface area (Å²) in [5.74, 6) is -0.570. The summed E-state index contributed by atoms with van der Waals surface area (Å²) < 4.78 is 1.85. The van der Waals surface area contributed by atoms with E-state index in [0.717, 1.165) is 46.8 Å². The Bertz CT molecular complexity index is 1020. The predicted octanol–water partition coefficient (Wildman–Crippen LogP) is 2.61. The first kappa shape index (κ1) is 21.1. The van der Waals surface area contributed by atoms with Gasteiger partial charge in [-0.3, -0.25) is 14.5 Å². The molecule has 2 atom stereocenters. The van der Waals surface area contributed by atoms with Crippen LogP contribution in [0.5, 0.6) is 0 Å². The molecule has 1 aromatic carbocycles. The van der Waals surface area contributed by atoms with E-state index in [-0.39, 0.29) is 30.8 Å². The van der Waals surface area contributed by atoms with Crippen LogP contribution in [0.1, 0.15) is 49.6 Å². The largest absolute Gasteiger partial charge is 0.350 e. The van der Waals surface area contributed by atoms with Crippen molar-refractivity contribution >= 4 is 17.8 Å². The number of aryl methyl sites for hydroxylation is 1. The maximum absolute atomic E-state index is 13.0. The standard InChI is InChI=1S/C23H29N5O3/c1-15-9-7-8-12-23(15)21(30)27(22(31)25-23)14-20(29)24-13-19-16(2)26-28(17(19)3)18-10-5-4-6-11-18/h4-6,10-11,15H,7-9,12-14H2,1-3H3,(H,24,29)(H,25,31). The molecule has 2 aliphatic rings. The van der Waals surface area contributed by atoms with Gasteiger partial charge in [-0.25, -0.2) is 9.48 Å². The van der Waals surface area contributed by atoms with Gasteiger partial charge in [-0.1, -0.05) is 38.0 Å². The molecule has 164 valence electrons. The molecule has 1 aliphatic carbocycles. The summed E-state index contributed by atoms with van der Waals surface area (Å²) in [5.41, 5.74) is 2.79. The van der Waals surface area contributed by atoms with Crippen molar-refractivity contribution in [3.63, 3.8) is 0 Å². The summed E-state index contributed by atoms with van der Waals surface area (Å²) in [7, 11) is 0. The lowest BCUT2D eigenvalue weighted by Gasteiger charge is -2.36. The van der Waals surface area contributed by atoms with E-state index < -0.39 is 11.6 Å². The highest BCUT2D eigenvalue weighted by Gasteiger charge is 2.55. The highest BCUT2D eigenvalue weighted by Crippen LogP contribution is 2.38. The molecule has 0 radical (unpaired) electrons. The van der Waals surface area contributed by atoms with Crippen LogP contribution in [-0.4, -0.2) is 44.6 Å². The third kappa shape index (κ3) is 3.71. The van der Waals surface area contributed by atoms with Gasteiger partial charge in [0.25, 0.3) is 5.91 Å². The summed E-state index contributed by atoms with van der Waals surface area (Å²) >= 11 is 0. The molecule has 1 aliphatic heterocycles. The van der Waals surface area contributed by atoms with E-state index in [2.05, 4.69) is 15.7 Å². The van der Waals surface area contributed by atoms with Gasteiger partial charge in [0.15, 0.2) is 0 Å². The first-order chi connectivity index (χ1) is 14.8. The fourth-order valence-electron chi connectivity index (χ4n) is 4.78. The molecule has 1 spiro atoms. The van der Waals surface area contributed by atoms with Crippen molar-refractivity contribution in [2.75, 3.05) is 6.54 Å². The lowest BCUT2D eigenvalue weighted by Crippen LogP contribution is -2.54. The molecule has 8 nitrogen and oxygen atoms in total. The van der Waals surface area contributed by atoms with Crippen LogP contribution >= 0.6 is 0 Å². The van der Waals surface area contributed by atoms with E-state index in [1.165, 1.54) is 0 Å². The molecular formula is C23H29N5O3. The van der Waals surface area contributed by atoms with Crippen LogP contribution in [0.2, 0.25) is 0 Å². The van der Waals surface area contributed by atoms with Crippen molar-refractivity contribution in [3.8, 4) is 5.69 Å². The number of carbonyl (C=O) groups excluding carboxylic acids is 3. The molecule has 1 saturated carbocycles. The molecule has 2 fully saturated rings. The number of imide groups is 1. The van der Waals surface area contributed by atoms with Gasteiger partial charge >= 0.3 is 6.03 Å². The maximum Gasteiger partial charge on any atom is 0.325 e. The van der Waals surface area contributed by atoms with Gasteiger partial charge < -0.3 is 10.6 Å². The summed E-state index contributed by atoms with van der Waals surface area (Å²) in [5, 5.41) is 10.3. The molecule has 1 aromatic heterocycles. The van der Waals surface area contributed by atoms with Crippen molar-refractivity contribution in [3.05, 3.63) is 47.3 Å². The van der Waals surface area contributed by atoms with Crippen molar-refractivity contribution in [1.82, 2.24) is 25.3 Å². The van der Waals surface area contributed by atoms with Crippen molar-refractivity contribution in [2.24, 2.45) is 5.92 Å². The second kappa shape index (κ2) is 8.17. The number of benzene rings is 1. The number of aromatic nitrogens is 2. The molecule has 2 heterocycles. The summed E-state index contributed by atoms with van der Waals surface area (Å²) in [6.07, 6.45) is 3.49. The number of hydrogen-bond acceptors (Lipinski definition) is 4. The van der Waals surface area contributed by atoms with E-state index in [0.29, 0.717) is 6.42 Å². The lowest BCUT2D eigenvalue weighted by molar-refractivity contribution is -0.137. The lowest BCUT2D eigenvalue weighted by atomic mass is 9.73. The van der Waals surface area contributed by atoms with Crippen LogP contribution in [0.25, 0.3) is 5.69 Å². The van der Waals surface area contributed by atoms with Gasteiger partial charge in [0.05, 0.1) is 11.4 Å². The normalized spacial score (nSPS) is 23.3. The monoisotopic (exact) mass is 423 g/mol. The number of nitrogens with one attached hydrogen (secondary N) is 2. The highest BCUT2D eigenvalue weighted by atomic mass is 16.2. The van der Waals surface area contributed by atoms with Crippen LogP contribution in [0.4, 0.5) is 4.79 Å². The molecule has 2 N–H and O–H groups in total. The first-order valence-corrected chi connectivity index (χ1v) is 10.8. The highest BCUT2D eigenvalue weighted by molar-refractivity contribution is 6.09. The Balaban J connectivity index is 1.42. The third-order valence-corrected chi connectivity index (χ3v) is 6.71. The minimum Gasteiger partial charge on any atom is -0.350 e. The van der Waals surface area contributed by atoms with Gasteiger partial charge in [0.1, 0.15) is 12.1 Å². The smallest absolute Gasteiger partial charge is 0.325 e. The zero-order chi connectivity index (χ0) is 22.2. The number of carbonyl (C=O) groups is 3. The average molecular weight is 424 g/mol. The second-order valence-electron chi connectivity index (χ2n) is 8.61. The molecule has 2 unspecified atom stereocenters. The van der Waals surface area contributed by atoms with E-state index in [1.807, 2.05) is 55.8 Å². The average Bonchev–Trinajstić information content (AvgIpc) is 3.17. The minimum atomic E-state index is -0.848. The third-order valence-electron chi connectivity index (χ3n) is 6.71. The predicted molar refractivity (Wildman–Crippen MR) is 115 cm³/mol. The molecule has 4 rings (SSSR count). The summed E-state index contributed by atoms with van der Waals surface area (Å²) in [6, 6.07) is 9.32. The van der Waals surface area contributed by atoms with Crippen LogP contribution in [0, 0.1) is 19.8 Å². The Morgan fingerprint density at radius 2 is 1.97 bits per heavy atom. The Morgan fingerprint density at radius 3 is 2.68 bits per heavy atom. The van der Waals surface area contributed by atoms with Crippen molar-refractivity contribution < 1.29 is 14.4 Å². The van der Waals surface area contributed by atoms with E-state index in [4.69, 9.17) is 0 Å². The molecule has 1 saturated heterocycles. The number of nitrogens with zero attached hydrogens (tertiary/aromatic N) is 3. The zero-order valence-electron chi connectivity index (χ0n) is 18.3. The first-order valence-electron chi connectivity index (χ1n) is 10.8. The fourth-order valence-corrected chi connectivity index (χ4v) is 4.78. The SMILES string of the molecule is Cc1nn(-c2ccccc2)c(C)c1CNC(=O)CN1C(=O)NC2(CCCCC2C)C1=O. The Morgan fingerprint density at radius 1 is 1.23 bits per heavy atom. The maximum atomic E-state index is 13.0. The number of hydrogen-bond donors (Lipinski definition) is 2. The minimum absolute atomic E-state index is 0.0693. The fraction of sp³-hybridized carbons (Fsp3) is 0.478. The van der Waals surface area contributed by atoms with Crippen molar-refractivity contribution in [1.29, 1.82) is 0 Å². The Labute approximate surface area is 182 Å². The van der Waals surface area contributed by atoms with E-state index in [1.54, 1.807) is 0 Å². The van der Waals surface area contributed by atoms with Crippen molar-refractivity contribution in [2.45, 2.75) is 58.5 Å². The van der Waals surface area contributed by atoms with Crippen LogP contribution in [0.15, 0.2) is 30.3 Å². The van der Waals surface area contributed by atoms with E-state index in [9.17, 15) is 14.4 Å². The molecule has 8 heteroatoms. The topological polar surface area (TPSA) is 96.3 Å². The van der Waals surface area contributed by atoms with Crippen LogP contribution in [-0.2, 0) is 16.1 Å². The zero-order valence-corrected chi connectivity index (χ0v) is 18.3.